The van der Waals surface area contributed by atoms with E-state index in [9.17, 15) is 18.0 Å². The van der Waals surface area contributed by atoms with Gasteiger partial charge in [-0.15, -0.1) is 0 Å². The highest BCUT2D eigenvalue weighted by atomic mass is 32.2. The number of H-pyrrole nitrogens is 1. The van der Waals surface area contributed by atoms with Crippen LogP contribution in [-0.4, -0.2) is 56.2 Å². The van der Waals surface area contributed by atoms with Gasteiger partial charge in [-0.05, 0) is 51.4 Å². The summed E-state index contributed by atoms with van der Waals surface area (Å²) >= 11 is -0.238. The number of carbonyl (C=O) groups excluding carboxylic acids is 1. The van der Waals surface area contributed by atoms with E-state index < -0.39 is 17.2 Å². The number of amides is 1. The molecule has 0 unspecified atom stereocenters. The molecule has 1 amide bonds. The van der Waals surface area contributed by atoms with Crippen LogP contribution in [0.1, 0.15) is 33.6 Å². The molecule has 2 N–H and O–H groups in total. The van der Waals surface area contributed by atoms with E-state index in [0.717, 1.165) is 23.7 Å². The zero-order valence-corrected chi connectivity index (χ0v) is 19.9. The number of aromatic nitrogens is 3. The highest BCUT2D eigenvalue weighted by Crippen LogP contribution is 2.42. The van der Waals surface area contributed by atoms with Crippen molar-refractivity contribution in [1.82, 2.24) is 19.9 Å². The predicted octanol–water partition coefficient (Wildman–Crippen LogP) is 6.05. The summed E-state index contributed by atoms with van der Waals surface area (Å²) in [6.45, 7) is 6.40. The van der Waals surface area contributed by atoms with Crippen LogP contribution in [0.2, 0.25) is 0 Å². The fourth-order valence-electron chi connectivity index (χ4n) is 3.87. The fraction of sp³-hybridized carbons (Fsp3) is 0.435. The number of fused-ring (bicyclic) bond motifs is 1. The zero-order chi connectivity index (χ0) is 24.5. The highest BCUT2D eigenvalue weighted by molar-refractivity contribution is 8.00. The second-order valence-electron chi connectivity index (χ2n) is 9.11. The van der Waals surface area contributed by atoms with Gasteiger partial charge in [0.25, 0.3) is 0 Å². The quantitative estimate of drug-likeness (QED) is 0.431. The Balaban J connectivity index is 1.59. The molecule has 182 valence electrons. The van der Waals surface area contributed by atoms with E-state index >= 15 is 0 Å². The Bertz CT molecular complexity index is 1180. The van der Waals surface area contributed by atoms with Crippen molar-refractivity contribution < 1.29 is 22.7 Å². The molecule has 2 aromatic heterocycles. The average Bonchev–Trinajstić information content (AvgIpc) is 3.17. The molecule has 0 spiro atoms. The summed E-state index contributed by atoms with van der Waals surface area (Å²) in [4.78, 5) is 25.7. The zero-order valence-electron chi connectivity index (χ0n) is 19.1. The van der Waals surface area contributed by atoms with Gasteiger partial charge in [-0.2, -0.15) is 13.2 Å². The third kappa shape index (κ3) is 5.94. The minimum atomic E-state index is -4.48. The van der Waals surface area contributed by atoms with Crippen molar-refractivity contribution in [3.05, 3.63) is 36.7 Å². The lowest BCUT2D eigenvalue weighted by molar-refractivity contribution is -0.0328. The van der Waals surface area contributed by atoms with Crippen LogP contribution in [-0.2, 0) is 4.74 Å². The molecule has 11 heteroatoms. The molecule has 3 heterocycles. The Morgan fingerprint density at radius 3 is 2.76 bits per heavy atom. The Hall–Kier alpha value is -2.95. The van der Waals surface area contributed by atoms with Gasteiger partial charge >= 0.3 is 11.6 Å². The molecule has 3 aromatic rings. The molecule has 0 radical (unpaired) electrons. The van der Waals surface area contributed by atoms with Crippen LogP contribution < -0.4 is 5.32 Å². The number of hydrogen-bond acceptors (Lipinski definition) is 6. The van der Waals surface area contributed by atoms with Crippen molar-refractivity contribution in [2.75, 3.05) is 18.4 Å². The third-order valence-electron chi connectivity index (χ3n) is 5.23. The standard InChI is InChI=1S/C23H26F3N5O2S/c1-22(2,3)33-21(32)31-10-6-7-14(13-31)29-20-28-12-18(34-23(24,25)26)19(30-20)16-11-27-17-9-5-4-8-15(16)17/h4-5,8-9,11-12,14,27H,6-7,10,13H2,1-3H3,(H,28,29,30)/t14-/m0/s1. The maximum absolute atomic E-state index is 13.2. The van der Waals surface area contributed by atoms with Crippen LogP contribution in [0.3, 0.4) is 0 Å². The smallest absolute Gasteiger partial charge is 0.444 e. The molecule has 1 fully saturated rings. The first-order valence-corrected chi connectivity index (χ1v) is 11.7. The third-order valence-corrected chi connectivity index (χ3v) is 5.98. The molecule has 0 aliphatic carbocycles. The first kappa shape index (κ1) is 24.2. The number of rotatable bonds is 4. The van der Waals surface area contributed by atoms with Gasteiger partial charge in [-0.1, -0.05) is 18.2 Å². The number of ether oxygens (including phenoxy) is 1. The van der Waals surface area contributed by atoms with Crippen LogP contribution in [0.5, 0.6) is 0 Å². The molecule has 1 atom stereocenters. The maximum Gasteiger partial charge on any atom is 0.446 e. The van der Waals surface area contributed by atoms with Crippen molar-refractivity contribution >= 4 is 34.7 Å². The average molecular weight is 494 g/mol. The van der Waals surface area contributed by atoms with Crippen molar-refractivity contribution in [3.63, 3.8) is 0 Å². The Morgan fingerprint density at radius 2 is 2.03 bits per heavy atom. The number of thioether (sulfide) groups is 1. The van der Waals surface area contributed by atoms with E-state index in [1.54, 1.807) is 11.1 Å². The van der Waals surface area contributed by atoms with Crippen molar-refractivity contribution in [3.8, 4) is 11.3 Å². The lowest BCUT2D eigenvalue weighted by Crippen LogP contribution is -2.47. The van der Waals surface area contributed by atoms with Crippen molar-refractivity contribution in [1.29, 1.82) is 0 Å². The van der Waals surface area contributed by atoms with Gasteiger partial charge in [0, 0.05) is 48.0 Å². The van der Waals surface area contributed by atoms with Crippen LogP contribution in [0, 0.1) is 0 Å². The number of para-hydroxylation sites is 1. The first-order chi connectivity index (χ1) is 16.0. The normalized spacial score (nSPS) is 17.1. The lowest BCUT2D eigenvalue weighted by Gasteiger charge is -2.34. The molecule has 4 rings (SSSR count). The molecule has 1 saturated heterocycles. The summed E-state index contributed by atoms with van der Waals surface area (Å²) in [7, 11) is 0. The molecular weight excluding hydrogens is 467 g/mol. The fourth-order valence-corrected chi connectivity index (χ4v) is 4.48. The number of likely N-dealkylation sites (tertiary alicyclic amines) is 1. The summed E-state index contributed by atoms with van der Waals surface area (Å²) in [5.74, 6) is 0.211. The summed E-state index contributed by atoms with van der Waals surface area (Å²) < 4.78 is 45.1. The molecule has 0 bridgehead atoms. The van der Waals surface area contributed by atoms with Gasteiger partial charge < -0.3 is 19.9 Å². The van der Waals surface area contributed by atoms with E-state index in [1.165, 1.54) is 6.20 Å². The summed E-state index contributed by atoms with van der Waals surface area (Å²) in [6.07, 6.45) is 3.98. The van der Waals surface area contributed by atoms with Gasteiger partial charge in [0.15, 0.2) is 0 Å². The van der Waals surface area contributed by atoms with Gasteiger partial charge in [0.2, 0.25) is 5.95 Å². The van der Waals surface area contributed by atoms with Gasteiger partial charge in [-0.3, -0.25) is 0 Å². The first-order valence-electron chi connectivity index (χ1n) is 10.9. The minimum Gasteiger partial charge on any atom is -0.444 e. The molecule has 7 nitrogen and oxygen atoms in total. The summed E-state index contributed by atoms with van der Waals surface area (Å²) in [5, 5.41) is 3.97. The van der Waals surface area contributed by atoms with Crippen LogP contribution in [0.25, 0.3) is 22.2 Å². The number of hydrogen-bond donors (Lipinski definition) is 2. The van der Waals surface area contributed by atoms with Gasteiger partial charge in [0.1, 0.15) is 5.60 Å². The largest absolute Gasteiger partial charge is 0.446 e. The number of alkyl halides is 3. The van der Waals surface area contributed by atoms with Crippen LogP contribution in [0.15, 0.2) is 41.6 Å². The summed E-state index contributed by atoms with van der Waals surface area (Å²) in [5.41, 5.74) is -3.52. The molecule has 1 aliphatic rings. The molecule has 1 aliphatic heterocycles. The minimum absolute atomic E-state index is 0.0816. The lowest BCUT2D eigenvalue weighted by atomic mass is 10.1. The number of nitrogens with zero attached hydrogens (tertiary/aromatic N) is 3. The molecule has 0 saturated carbocycles. The number of aromatic amines is 1. The Kier molecular flexibility index (Phi) is 6.66. The van der Waals surface area contributed by atoms with Crippen LogP contribution in [0.4, 0.5) is 23.9 Å². The van der Waals surface area contributed by atoms with E-state index in [4.69, 9.17) is 4.74 Å². The number of benzene rings is 1. The topological polar surface area (TPSA) is 83.1 Å². The van der Waals surface area contributed by atoms with Gasteiger partial charge in [0.05, 0.1) is 10.6 Å². The van der Waals surface area contributed by atoms with E-state index in [-0.39, 0.29) is 34.3 Å². The monoisotopic (exact) mass is 493 g/mol. The second-order valence-corrected chi connectivity index (χ2v) is 10.2. The van der Waals surface area contributed by atoms with Crippen LogP contribution >= 0.6 is 11.8 Å². The van der Waals surface area contributed by atoms with E-state index in [0.29, 0.717) is 18.7 Å². The number of anilines is 1. The Morgan fingerprint density at radius 1 is 1.26 bits per heavy atom. The molecule has 1 aromatic carbocycles. The van der Waals surface area contributed by atoms with Crippen molar-refractivity contribution in [2.24, 2.45) is 0 Å². The Labute approximate surface area is 199 Å². The number of carbonyl (C=O) groups is 1. The summed E-state index contributed by atoms with van der Waals surface area (Å²) in [6, 6.07) is 7.20. The molecular formula is C23H26F3N5O2S. The van der Waals surface area contributed by atoms with E-state index in [1.807, 2.05) is 45.0 Å². The predicted molar refractivity (Wildman–Crippen MR) is 126 cm³/mol. The number of piperidine rings is 1. The van der Waals surface area contributed by atoms with E-state index in [2.05, 4.69) is 20.3 Å². The number of nitrogens with one attached hydrogen (secondary N) is 2. The number of halogens is 3. The molecule has 34 heavy (non-hydrogen) atoms. The van der Waals surface area contributed by atoms with Crippen molar-refractivity contribution in [2.45, 2.75) is 55.7 Å². The maximum atomic E-state index is 13.2. The SMILES string of the molecule is CC(C)(C)OC(=O)N1CCC[C@H](Nc2ncc(SC(F)(F)F)c(-c3c[nH]c4ccccc34)n2)C1. The second kappa shape index (κ2) is 9.36. The van der Waals surface area contributed by atoms with Gasteiger partial charge in [-0.25, -0.2) is 14.8 Å². The highest BCUT2D eigenvalue weighted by Gasteiger charge is 2.32.